The van der Waals surface area contributed by atoms with Crippen molar-refractivity contribution in [1.82, 2.24) is 0 Å². The molecular weight excluding hydrogens is 316 g/mol. The van der Waals surface area contributed by atoms with E-state index in [1.54, 1.807) is 18.2 Å². The number of carbonyl (C=O) groups excluding carboxylic acids is 1. The summed E-state index contributed by atoms with van der Waals surface area (Å²) in [6.07, 6.45) is 4.24. The molecule has 1 aliphatic carbocycles. The predicted octanol–water partition coefficient (Wildman–Crippen LogP) is 4.11. The van der Waals surface area contributed by atoms with Crippen LogP contribution >= 0.6 is 11.6 Å². The molecule has 1 N–H and O–H groups in total. The molecule has 4 nitrogen and oxygen atoms in total. The summed E-state index contributed by atoms with van der Waals surface area (Å²) < 4.78 is 11.1. The SMILES string of the molecule is CC1CCCC(OC(=O)Cc2cc(Cl)ccc2OC(C)(C)O)C1. The minimum atomic E-state index is -1.33. The largest absolute Gasteiger partial charge is 0.463 e. The average Bonchev–Trinajstić information content (AvgIpc) is 2.40. The van der Waals surface area contributed by atoms with Gasteiger partial charge in [0.15, 0.2) is 0 Å². The van der Waals surface area contributed by atoms with Crippen LogP contribution in [0.4, 0.5) is 0 Å². The van der Waals surface area contributed by atoms with Crippen LogP contribution in [-0.2, 0) is 16.0 Å². The maximum atomic E-state index is 12.2. The number of hydrogen-bond donors (Lipinski definition) is 1. The number of aliphatic hydroxyl groups is 1. The molecule has 0 aromatic heterocycles. The topological polar surface area (TPSA) is 55.8 Å². The van der Waals surface area contributed by atoms with Gasteiger partial charge >= 0.3 is 5.97 Å². The summed E-state index contributed by atoms with van der Waals surface area (Å²) >= 11 is 6.01. The summed E-state index contributed by atoms with van der Waals surface area (Å²) in [6, 6.07) is 5.00. The van der Waals surface area contributed by atoms with Crippen molar-refractivity contribution < 1.29 is 19.4 Å². The Labute approximate surface area is 142 Å². The zero-order valence-corrected chi connectivity index (χ0v) is 14.7. The van der Waals surface area contributed by atoms with E-state index in [2.05, 4.69) is 6.92 Å². The fourth-order valence-electron chi connectivity index (χ4n) is 2.92. The van der Waals surface area contributed by atoms with Crippen LogP contribution in [0.25, 0.3) is 0 Å². The smallest absolute Gasteiger partial charge is 0.310 e. The highest BCUT2D eigenvalue weighted by atomic mass is 35.5. The van der Waals surface area contributed by atoms with E-state index in [0.29, 0.717) is 22.3 Å². The highest BCUT2D eigenvalue weighted by Crippen LogP contribution is 2.28. The molecule has 0 aliphatic heterocycles. The number of rotatable bonds is 5. The third-order valence-corrected chi connectivity index (χ3v) is 4.14. The van der Waals surface area contributed by atoms with Crippen molar-refractivity contribution in [3.05, 3.63) is 28.8 Å². The Morgan fingerprint density at radius 2 is 2.13 bits per heavy atom. The number of benzene rings is 1. The second-order valence-electron chi connectivity index (χ2n) is 6.86. The van der Waals surface area contributed by atoms with Crippen molar-refractivity contribution >= 4 is 17.6 Å². The molecule has 0 bridgehead atoms. The molecule has 2 unspecified atom stereocenters. The van der Waals surface area contributed by atoms with E-state index < -0.39 is 5.79 Å². The standard InChI is InChI=1S/C18H25ClO4/c1-12-5-4-6-15(9-12)22-17(20)11-13-10-14(19)7-8-16(13)23-18(2,3)21/h7-8,10,12,15,21H,4-6,9,11H2,1-3H3. The quantitative estimate of drug-likeness (QED) is 0.647. The van der Waals surface area contributed by atoms with E-state index in [9.17, 15) is 9.90 Å². The first-order chi connectivity index (χ1) is 10.7. The molecule has 0 spiro atoms. The molecule has 0 saturated heterocycles. The molecule has 0 amide bonds. The molecule has 1 aliphatic rings. The normalized spacial score (nSPS) is 21.8. The molecule has 5 heteroatoms. The summed E-state index contributed by atoms with van der Waals surface area (Å²) in [5.74, 6) is -0.574. The van der Waals surface area contributed by atoms with E-state index in [1.165, 1.54) is 20.3 Å². The Morgan fingerprint density at radius 1 is 1.39 bits per heavy atom. The highest BCUT2D eigenvalue weighted by molar-refractivity contribution is 6.30. The summed E-state index contributed by atoms with van der Waals surface area (Å²) in [7, 11) is 0. The second kappa shape index (κ2) is 7.54. The zero-order chi connectivity index (χ0) is 17.0. The van der Waals surface area contributed by atoms with E-state index >= 15 is 0 Å². The lowest BCUT2D eigenvalue weighted by atomic mass is 9.89. The molecular formula is C18H25ClO4. The maximum Gasteiger partial charge on any atom is 0.310 e. The maximum absolute atomic E-state index is 12.2. The van der Waals surface area contributed by atoms with Gasteiger partial charge in [-0.3, -0.25) is 4.79 Å². The number of hydrogen-bond acceptors (Lipinski definition) is 4. The Kier molecular flexibility index (Phi) is 5.93. The lowest BCUT2D eigenvalue weighted by Crippen LogP contribution is -2.28. The van der Waals surface area contributed by atoms with Crippen molar-refractivity contribution in [2.24, 2.45) is 5.92 Å². The molecule has 23 heavy (non-hydrogen) atoms. The van der Waals surface area contributed by atoms with Crippen molar-refractivity contribution in [3.8, 4) is 5.75 Å². The molecule has 128 valence electrons. The van der Waals surface area contributed by atoms with Gasteiger partial charge < -0.3 is 14.6 Å². The average molecular weight is 341 g/mol. The molecule has 1 fully saturated rings. The van der Waals surface area contributed by atoms with Gasteiger partial charge in [-0.05, 0) is 43.4 Å². The van der Waals surface area contributed by atoms with Crippen LogP contribution in [0.15, 0.2) is 18.2 Å². The van der Waals surface area contributed by atoms with Crippen molar-refractivity contribution in [2.45, 2.75) is 64.8 Å². The first kappa shape index (κ1) is 18.1. The van der Waals surface area contributed by atoms with Gasteiger partial charge in [0, 0.05) is 24.4 Å². The van der Waals surface area contributed by atoms with Crippen LogP contribution < -0.4 is 4.74 Å². The minimum absolute atomic E-state index is 0.00378. The Hall–Kier alpha value is -1.26. The lowest BCUT2D eigenvalue weighted by molar-refractivity contribution is -0.150. The fraction of sp³-hybridized carbons (Fsp3) is 0.611. The Bertz CT molecular complexity index is 550. The van der Waals surface area contributed by atoms with Gasteiger partial charge in [0.25, 0.3) is 0 Å². The molecule has 2 atom stereocenters. The van der Waals surface area contributed by atoms with Crippen LogP contribution in [0.5, 0.6) is 5.75 Å². The Morgan fingerprint density at radius 3 is 2.78 bits per heavy atom. The molecule has 0 radical (unpaired) electrons. The fourth-order valence-corrected chi connectivity index (χ4v) is 3.12. The van der Waals surface area contributed by atoms with Crippen molar-refractivity contribution in [2.75, 3.05) is 0 Å². The molecule has 1 saturated carbocycles. The van der Waals surface area contributed by atoms with Crippen molar-refractivity contribution in [1.29, 1.82) is 0 Å². The number of carbonyl (C=O) groups is 1. The van der Waals surface area contributed by atoms with E-state index in [1.807, 2.05) is 0 Å². The Balaban J connectivity index is 2.03. The first-order valence-corrected chi connectivity index (χ1v) is 8.50. The van der Waals surface area contributed by atoms with Crippen LogP contribution in [0, 0.1) is 5.92 Å². The monoisotopic (exact) mass is 340 g/mol. The van der Waals surface area contributed by atoms with E-state index in [-0.39, 0.29) is 18.5 Å². The van der Waals surface area contributed by atoms with Crippen LogP contribution in [0.2, 0.25) is 5.02 Å². The van der Waals surface area contributed by atoms with Crippen molar-refractivity contribution in [3.63, 3.8) is 0 Å². The molecule has 2 rings (SSSR count). The molecule has 0 heterocycles. The van der Waals surface area contributed by atoms with Gasteiger partial charge in [-0.15, -0.1) is 0 Å². The number of ether oxygens (including phenoxy) is 2. The highest BCUT2D eigenvalue weighted by Gasteiger charge is 2.23. The van der Waals surface area contributed by atoms with Gasteiger partial charge in [-0.2, -0.15) is 0 Å². The second-order valence-corrected chi connectivity index (χ2v) is 7.30. The number of esters is 1. The van der Waals surface area contributed by atoms with Gasteiger partial charge in [-0.25, -0.2) is 0 Å². The summed E-state index contributed by atoms with van der Waals surface area (Å²) in [5.41, 5.74) is 0.619. The van der Waals surface area contributed by atoms with Gasteiger partial charge in [0.2, 0.25) is 5.79 Å². The lowest BCUT2D eigenvalue weighted by Gasteiger charge is -2.27. The van der Waals surface area contributed by atoms with Crippen LogP contribution in [0.3, 0.4) is 0 Å². The summed E-state index contributed by atoms with van der Waals surface area (Å²) in [6.45, 7) is 5.26. The summed E-state index contributed by atoms with van der Waals surface area (Å²) in [5, 5.41) is 10.3. The molecule has 1 aromatic rings. The van der Waals surface area contributed by atoms with Gasteiger partial charge in [-0.1, -0.05) is 24.9 Å². The third-order valence-electron chi connectivity index (χ3n) is 3.90. The molecule has 1 aromatic carbocycles. The zero-order valence-electron chi connectivity index (χ0n) is 14.0. The van der Waals surface area contributed by atoms with Gasteiger partial charge in [0.05, 0.1) is 6.42 Å². The minimum Gasteiger partial charge on any atom is -0.463 e. The third kappa shape index (κ3) is 6.04. The van der Waals surface area contributed by atoms with Gasteiger partial charge in [0.1, 0.15) is 11.9 Å². The predicted molar refractivity (Wildman–Crippen MR) is 89.6 cm³/mol. The first-order valence-electron chi connectivity index (χ1n) is 8.12. The van der Waals surface area contributed by atoms with Crippen LogP contribution in [0.1, 0.15) is 52.0 Å². The van der Waals surface area contributed by atoms with Crippen LogP contribution in [-0.4, -0.2) is 23.0 Å². The summed E-state index contributed by atoms with van der Waals surface area (Å²) in [4.78, 5) is 12.2. The number of halogens is 1. The van der Waals surface area contributed by atoms with E-state index in [0.717, 1.165) is 19.3 Å². The van der Waals surface area contributed by atoms with E-state index in [4.69, 9.17) is 21.1 Å².